The van der Waals surface area contributed by atoms with Crippen LogP contribution in [0.4, 0.5) is 8.78 Å². The highest BCUT2D eigenvalue weighted by Crippen LogP contribution is 2.44. The number of halogens is 2. The third-order valence-electron chi connectivity index (χ3n) is 3.78. The Bertz CT molecular complexity index is 435. The lowest BCUT2D eigenvalue weighted by atomic mass is 9.83. The van der Waals surface area contributed by atoms with Crippen LogP contribution in [0.2, 0.25) is 0 Å². The van der Waals surface area contributed by atoms with Crippen molar-refractivity contribution in [2.75, 3.05) is 0 Å². The topological polar surface area (TPSA) is 29.5 Å². The number of aliphatic hydroxyl groups is 1. The van der Waals surface area contributed by atoms with Gasteiger partial charge < -0.3 is 9.84 Å². The van der Waals surface area contributed by atoms with Crippen molar-refractivity contribution in [3.8, 4) is 0 Å². The molecular weight excluding hydrogens is 226 g/mol. The van der Waals surface area contributed by atoms with Crippen LogP contribution in [0.5, 0.6) is 0 Å². The molecule has 1 aromatic carbocycles. The maximum atomic E-state index is 13.7. The first-order chi connectivity index (χ1) is 8.08. The van der Waals surface area contributed by atoms with Gasteiger partial charge in [-0.05, 0) is 18.9 Å². The van der Waals surface area contributed by atoms with Crippen LogP contribution >= 0.6 is 0 Å². The third-order valence-corrected chi connectivity index (χ3v) is 3.78. The molecule has 0 radical (unpaired) electrons. The maximum Gasteiger partial charge on any atom is 0.164 e. The van der Waals surface area contributed by atoms with E-state index in [0.29, 0.717) is 12.8 Å². The summed E-state index contributed by atoms with van der Waals surface area (Å²) in [6.45, 7) is 0. The fraction of sp³-hybridized carbons (Fsp3) is 0.538. The highest BCUT2D eigenvalue weighted by molar-refractivity contribution is 5.27. The largest absolute Gasteiger partial charge is 0.385 e. The number of rotatable bonds is 1. The molecule has 92 valence electrons. The van der Waals surface area contributed by atoms with Crippen LogP contribution in [0.1, 0.15) is 31.2 Å². The van der Waals surface area contributed by atoms with E-state index < -0.39 is 17.2 Å². The molecule has 2 aliphatic rings. The lowest BCUT2D eigenvalue weighted by molar-refractivity contribution is -0.117. The van der Waals surface area contributed by atoms with Crippen molar-refractivity contribution < 1.29 is 18.6 Å². The van der Waals surface area contributed by atoms with Gasteiger partial charge in [-0.25, -0.2) is 8.78 Å². The molecule has 3 rings (SSSR count). The van der Waals surface area contributed by atoms with E-state index in [2.05, 4.69) is 0 Å². The standard InChI is InChI=1S/C13H14F2O2/c14-11-3-1-2-10(12(11)15)13(16)6-8-4-5-9(7-13)17-8/h1-3,8-9,16H,4-7H2. The van der Waals surface area contributed by atoms with Crippen molar-refractivity contribution >= 4 is 0 Å². The Kier molecular flexibility index (Phi) is 2.45. The second-order valence-corrected chi connectivity index (χ2v) is 5.00. The summed E-state index contributed by atoms with van der Waals surface area (Å²) in [4.78, 5) is 0. The second-order valence-electron chi connectivity index (χ2n) is 5.00. The van der Waals surface area contributed by atoms with Crippen molar-refractivity contribution in [3.05, 3.63) is 35.4 Å². The zero-order valence-electron chi connectivity index (χ0n) is 9.33. The summed E-state index contributed by atoms with van der Waals surface area (Å²) < 4.78 is 32.5. The molecule has 2 aliphatic heterocycles. The van der Waals surface area contributed by atoms with Crippen LogP contribution in [0.15, 0.2) is 18.2 Å². The summed E-state index contributed by atoms with van der Waals surface area (Å²) in [6.07, 6.45) is 2.43. The number of fused-ring (bicyclic) bond motifs is 2. The summed E-state index contributed by atoms with van der Waals surface area (Å²) in [5.41, 5.74) is -1.21. The molecule has 0 aromatic heterocycles. The number of ether oxygens (including phenoxy) is 1. The summed E-state index contributed by atoms with van der Waals surface area (Å²) in [6, 6.07) is 3.96. The zero-order valence-corrected chi connectivity index (χ0v) is 9.33. The average molecular weight is 240 g/mol. The Hall–Kier alpha value is -1.00. The van der Waals surface area contributed by atoms with Crippen LogP contribution < -0.4 is 0 Å². The van der Waals surface area contributed by atoms with Gasteiger partial charge in [0.1, 0.15) is 0 Å². The van der Waals surface area contributed by atoms with Gasteiger partial charge in [0.25, 0.3) is 0 Å². The van der Waals surface area contributed by atoms with Gasteiger partial charge in [0, 0.05) is 18.4 Å². The summed E-state index contributed by atoms with van der Waals surface area (Å²) >= 11 is 0. The second kappa shape index (κ2) is 3.75. The molecule has 4 heteroatoms. The smallest absolute Gasteiger partial charge is 0.164 e. The minimum Gasteiger partial charge on any atom is -0.385 e. The van der Waals surface area contributed by atoms with Gasteiger partial charge in [-0.15, -0.1) is 0 Å². The van der Waals surface area contributed by atoms with Crippen LogP contribution in [0.25, 0.3) is 0 Å². The molecule has 2 unspecified atom stereocenters. The first-order valence-corrected chi connectivity index (χ1v) is 5.91. The fourth-order valence-electron chi connectivity index (χ4n) is 3.00. The average Bonchev–Trinajstić information content (AvgIpc) is 2.62. The molecule has 0 saturated carbocycles. The molecule has 0 aliphatic carbocycles. The van der Waals surface area contributed by atoms with Gasteiger partial charge in [0.15, 0.2) is 11.6 Å². The predicted octanol–water partition coefficient (Wildman–Crippen LogP) is 2.49. The van der Waals surface area contributed by atoms with Crippen LogP contribution in [-0.4, -0.2) is 17.3 Å². The molecular formula is C13H14F2O2. The van der Waals surface area contributed by atoms with Gasteiger partial charge in [0.05, 0.1) is 17.8 Å². The Morgan fingerprint density at radius 3 is 2.47 bits per heavy atom. The van der Waals surface area contributed by atoms with E-state index in [0.717, 1.165) is 18.9 Å². The molecule has 0 amide bonds. The van der Waals surface area contributed by atoms with Gasteiger partial charge in [-0.1, -0.05) is 12.1 Å². The minimum atomic E-state index is -1.28. The van der Waals surface area contributed by atoms with Gasteiger partial charge in [0.2, 0.25) is 0 Å². The van der Waals surface area contributed by atoms with Crippen molar-refractivity contribution in [3.63, 3.8) is 0 Å². The van der Waals surface area contributed by atoms with E-state index in [9.17, 15) is 13.9 Å². The van der Waals surface area contributed by atoms with E-state index in [4.69, 9.17) is 4.74 Å². The quantitative estimate of drug-likeness (QED) is 0.817. The molecule has 1 aromatic rings. The van der Waals surface area contributed by atoms with E-state index >= 15 is 0 Å². The number of hydrogen-bond donors (Lipinski definition) is 1. The van der Waals surface area contributed by atoms with E-state index in [1.165, 1.54) is 12.1 Å². The Balaban J connectivity index is 2.00. The monoisotopic (exact) mass is 240 g/mol. The first-order valence-electron chi connectivity index (χ1n) is 5.91. The first kappa shape index (κ1) is 11.1. The third kappa shape index (κ3) is 1.76. The lowest BCUT2D eigenvalue weighted by Gasteiger charge is -2.37. The van der Waals surface area contributed by atoms with Crippen molar-refractivity contribution in [2.45, 2.75) is 43.5 Å². The molecule has 2 saturated heterocycles. The predicted molar refractivity (Wildman–Crippen MR) is 57.4 cm³/mol. The maximum absolute atomic E-state index is 13.7. The molecule has 0 spiro atoms. The van der Waals surface area contributed by atoms with Gasteiger partial charge in [-0.2, -0.15) is 0 Å². The van der Waals surface area contributed by atoms with Crippen molar-refractivity contribution in [2.24, 2.45) is 0 Å². The summed E-state index contributed by atoms with van der Waals surface area (Å²) in [5, 5.41) is 10.5. The summed E-state index contributed by atoms with van der Waals surface area (Å²) in [5.74, 6) is -1.84. The normalized spacial score (nSPS) is 36.2. The van der Waals surface area contributed by atoms with Crippen LogP contribution in [-0.2, 0) is 10.3 Å². The molecule has 2 heterocycles. The Labute approximate surface area is 98.2 Å². The van der Waals surface area contributed by atoms with Gasteiger partial charge >= 0.3 is 0 Å². The molecule has 2 atom stereocenters. The highest BCUT2D eigenvalue weighted by Gasteiger charge is 2.46. The minimum absolute atomic E-state index is 0.0265. The lowest BCUT2D eigenvalue weighted by Crippen LogP contribution is -2.39. The molecule has 1 N–H and O–H groups in total. The van der Waals surface area contributed by atoms with E-state index in [1.54, 1.807) is 0 Å². The van der Waals surface area contributed by atoms with Crippen molar-refractivity contribution in [1.29, 1.82) is 0 Å². The SMILES string of the molecule is OC1(c2cccc(F)c2F)CC2CCC(C1)O2. The summed E-state index contributed by atoms with van der Waals surface area (Å²) in [7, 11) is 0. The van der Waals surface area contributed by atoms with Crippen LogP contribution in [0.3, 0.4) is 0 Å². The molecule has 2 nitrogen and oxygen atoms in total. The molecule has 2 fully saturated rings. The van der Waals surface area contributed by atoms with E-state index in [-0.39, 0.29) is 17.8 Å². The molecule has 2 bridgehead atoms. The highest BCUT2D eigenvalue weighted by atomic mass is 19.2. The fourth-order valence-corrected chi connectivity index (χ4v) is 3.00. The van der Waals surface area contributed by atoms with Crippen molar-refractivity contribution in [1.82, 2.24) is 0 Å². The molecule has 17 heavy (non-hydrogen) atoms. The Morgan fingerprint density at radius 2 is 1.82 bits per heavy atom. The van der Waals surface area contributed by atoms with E-state index in [1.807, 2.05) is 0 Å². The number of hydrogen-bond acceptors (Lipinski definition) is 2. The Morgan fingerprint density at radius 1 is 1.18 bits per heavy atom. The number of benzene rings is 1. The zero-order chi connectivity index (χ0) is 12.0. The van der Waals surface area contributed by atoms with Crippen LogP contribution in [0, 0.1) is 11.6 Å². The van der Waals surface area contributed by atoms with Gasteiger partial charge in [-0.3, -0.25) is 0 Å².